The van der Waals surface area contributed by atoms with Gasteiger partial charge in [-0.25, -0.2) is 4.79 Å². The summed E-state index contributed by atoms with van der Waals surface area (Å²) in [6.45, 7) is 17.2. The molecule has 8 nitrogen and oxygen atoms in total. The zero-order chi connectivity index (χ0) is 27.2. The van der Waals surface area contributed by atoms with Gasteiger partial charge in [-0.1, -0.05) is 73.6 Å². The lowest BCUT2D eigenvalue weighted by Crippen LogP contribution is -2.46. The van der Waals surface area contributed by atoms with Crippen molar-refractivity contribution in [1.82, 2.24) is 0 Å². The van der Waals surface area contributed by atoms with Gasteiger partial charge in [0.25, 0.3) is 0 Å². The van der Waals surface area contributed by atoms with Crippen molar-refractivity contribution in [3.05, 3.63) is 44.9 Å². The number of nitrogens with zero attached hydrogens (tertiary/aromatic N) is 3. The molecule has 0 N–H and O–H groups in total. The number of halogens is 1. The van der Waals surface area contributed by atoms with Crippen LogP contribution in [0.15, 0.2) is 39.6 Å². The molecular weight excluding hydrogens is 589 g/mol. The predicted octanol–water partition coefficient (Wildman–Crippen LogP) is 7.37. The van der Waals surface area contributed by atoms with Gasteiger partial charge in [0.2, 0.25) is 0 Å². The molecule has 0 saturated carbocycles. The first-order valence-electron chi connectivity index (χ1n) is 12.6. The molecule has 2 aliphatic rings. The van der Waals surface area contributed by atoms with Gasteiger partial charge in [0.1, 0.15) is 11.7 Å². The van der Waals surface area contributed by atoms with E-state index in [4.69, 9.17) is 24.2 Å². The Hall–Kier alpha value is -1.17. The number of cyclic esters (lactones) is 1. The number of carbonyl (C=O) groups excluding carboxylic acids is 1. The van der Waals surface area contributed by atoms with Crippen LogP contribution in [0.5, 0.6) is 0 Å². The van der Waals surface area contributed by atoms with Crippen molar-refractivity contribution in [2.45, 2.75) is 109 Å². The van der Waals surface area contributed by atoms with Crippen LogP contribution in [0, 0.1) is 5.92 Å². The van der Waals surface area contributed by atoms with Gasteiger partial charge in [0, 0.05) is 29.9 Å². The molecule has 0 unspecified atom stereocenters. The zero-order valence-electron chi connectivity index (χ0n) is 22.9. The molecule has 0 bridgehead atoms. The van der Waals surface area contributed by atoms with Crippen LogP contribution in [0.3, 0.4) is 0 Å². The van der Waals surface area contributed by atoms with Crippen molar-refractivity contribution >= 4 is 36.9 Å². The first kappa shape index (κ1) is 31.0. The largest absolute Gasteiger partial charge is 0.454 e. The van der Waals surface area contributed by atoms with Gasteiger partial charge >= 0.3 is 5.97 Å². The molecular formula is C26H42IN3O5Si. The molecule has 0 aromatic rings. The summed E-state index contributed by atoms with van der Waals surface area (Å²) in [5.74, 6) is -1.12. The van der Waals surface area contributed by atoms with Crippen LogP contribution in [0.4, 0.5) is 0 Å². The van der Waals surface area contributed by atoms with Crippen LogP contribution < -0.4 is 0 Å². The molecule has 0 spiro atoms. The van der Waals surface area contributed by atoms with E-state index in [0.717, 1.165) is 6.42 Å². The lowest BCUT2D eigenvalue weighted by Gasteiger charge is -2.40. The van der Waals surface area contributed by atoms with E-state index in [0.29, 0.717) is 12.8 Å². The van der Waals surface area contributed by atoms with Crippen molar-refractivity contribution in [3.8, 4) is 0 Å². The van der Waals surface area contributed by atoms with Crippen molar-refractivity contribution in [3.63, 3.8) is 0 Å². The third kappa shape index (κ3) is 8.16. The number of rotatable bonds is 11. The second-order valence-corrected chi connectivity index (χ2v) is 16.9. The summed E-state index contributed by atoms with van der Waals surface area (Å²) in [4.78, 5) is 14.9. The van der Waals surface area contributed by atoms with Gasteiger partial charge < -0.3 is 18.6 Å². The highest BCUT2D eigenvalue weighted by molar-refractivity contribution is 14.1. The summed E-state index contributed by atoms with van der Waals surface area (Å²) < 4.78 is 27.3. The smallest absolute Gasteiger partial charge is 0.331 e. The number of carbonyl (C=O) groups is 1. The van der Waals surface area contributed by atoms with Crippen molar-refractivity contribution in [1.29, 1.82) is 0 Å². The van der Waals surface area contributed by atoms with Gasteiger partial charge in [-0.15, -0.1) is 0 Å². The van der Waals surface area contributed by atoms with Gasteiger partial charge in [0.05, 0.1) is 12.2 Å². The number of hydrogen-bond acceptors (Lipinski definition) is 6. The predicted molar refractivity (Wildman–Crippen MR) is 153 cm³/mol. The average Bonchev–Trinajstić information content (AvgIpc) is 3.01. The molecule has 5 atom stereocenters. The highest BCUT2D eigenvalue weighted by atomic mass is 127. The summed E-state index contributed by atoms with van der Waals surface area (Å²) in [5, 5.41) is 3.84. The topological polar surface area (TPSA) is 103 Å². The van der Waals surface area contributed by atoms with Crippen molar-refractivity contribution in [2.75, 3.05) is 6.54 Å². The van der Waals surface area contributed by atoms with Crippen LogP contribution in [0.1, 0.15) is 60.8 Å². The Morgan fingerprint density at radius 1 is 1.36 bits per heavy atom. The maximum Gasteiger partial charge on any atom is 0.331 e. The Labute approximate surface area is 230 Å². The molecule has 2 rings (SSSR count). The molecule has 2 heterocycles. The molecule has 10 heteroatoms. The number of ether oxygens (including phenoxy) is 3. The Kier molecular flexibility index (Phi) is 10.9. The summed E-state index contributed by atoms with van der Waals surface area (Å²) in [6, 6.07) is 0. The maximum absolute atomic E-state index is 11.9. The van der Waals surface area contributed by atoms with E-state index < -0.39 is 25.8 Å². The quantitative estimate of drug-likeness (QED) is 0.0451. The number of hydrogen-bond donors (Lipinski definition) is 0. The van der Waals surface area contributed by atoms with Crippen molar-refractivity contribution < 1.29 is 23.4 Å². The summed E-state index contributed by atoms with van der Waals surface area (Å²) in [5.41, 5.74) is 8.04. The fourth-order valence-electron chi connectivity index (χ4n) is 4.34. The minimum absolute atomic E-state index is 0.0582. The normalized spacial score (nSPS) is 29.5. The first-order valence-corrected chi connectivity index (χ1v) is 16.8. The maximum atomic E-state index is 11.9. The van der Waals surface area contributed by atoms with Gasteiger partial charge in [-0.05, 0) is 60.5 Å². The van der Waals surface area contributed by atoms with Crippen LogP contribution in [0.25, 0.3) is 10.4 Å². The number of esters is 1. The number of azide groups is 1. The highest BCUT2D eigenvalue weighted by Gasteiger charge is 2.52. The van der Waals surface area contributed by atoms with E-state index in [1.165, 1.54) is 6.08 Å². The molecule has 0 aromatic carbocycles. The van der Waals surface area contributed by atoms with E-state index in [2.05, 4.69) is 79.5 Å². The molecule has 1 fully saturated rings. The fourth-order valence-corrected chi connectivity index (χ4v) is 6.09. The van der Waals surface area contributed by atoms with Gasteiger partial charge in [0.15, 0.2) is 14.1 Å². The Bertz CT molecular complexity index is 908. The van der Waals surface area contributed by atoms with Crippen LogP contribution >= 0.6 is 22.6 Å². The molecule has 0 radical (unpaired) electrons. The van der Waals surface area contributed by atoms with Gasteiger partial charge in [-0.3, -0.25) is 0 Å². The Morgan fingerprint density at radius 3 is 2.64 bits per heavy atom. The molecule has 0 aromatic heterocycles. The second kappa shape index (κ2) is 12.6. The van der Waals surface area contributed by atoms with E-state index in [9.17, 15) is 4.79 Å². The monoisotopic (exact) mass is 631 g/mol. The minimum Gasteiger partial charge on any atom is -0.454 e. The van der Waals surface area contributed by atoms with E-state index in [1.54, 1.807) is 0 Å². The van der Waals surface area contributed by atoms with Gasteiger partial charge in [-0.2, -0.15) is 0 Å². The molecule has 202 valence electrons. The standard InChI is InChI=1S/C26H42IN3O5Si/c1-9-19-10-11-23(31)32-21(19)12-14-26(15-17-29-30-28)22(33-25(5,6)35-26)18-20(13-16-27)34-36(7,8)24(2,3)4/h10-14,16,19-22H,9,15,17-18H2,1-8H3/b14-12+,16-13-/t19-,20-,21-,22+,26-/m0/s1. The summed E-state index contributed by atoms with van der Waals surface area (Å²) in [6.07, 6.45) is 10.2. The Balaban J connectivity index is 2.43. The van der Waals surface area contributed by atoms with Crippen LogP contribution in [0.2, 0.25) is 18.1 Å². The molecule has 1 saturated heterocycles. The fraction of sp³-hybridized carbons (Fsp3) is 0.731. The van der Waals surface area contributed by atoms with Crippen LogP contribution in [-0.4, -0.2) is 50.5 Å². The van der Waals surface area contributed by atoms with Crippen molar-refractivity contribution in [2.24, 2.45) is 11.0 Å². The van der Waals surface area contributed by atoms with E-state index in [-0.39, 0.29) is 35.7 Å². The summed E-state index contributed by atoms with van der Waals surface area (Å²) >= 11 is 2.22. The molecule has 2 aliphatic heterocycles. The lowest BCUT2D eigenvalue weighted by atomic mass is 9.87. The SMILES string of the molecule is CC[C@H]1C=CC(=O)O[C@H]1/C=C/[C@@]1(CCN=[N+]=[N-])OC(C)(C)O[C@@H]1C[C@H](/C=C\I)O[Si](C)(C)C(C)(C)C. The second-order valence-electron chi connectivity index (χ2n) is 11.4. The molecule has 0 amide bonds. The average molecular weight is 632 g/mol. The summed E-state index contributed by atoms with van der Waals surface area (Å²) in [7, 11) is -2.06. The lowest BCUT2D eigenvalue weighted by molar-refractivity contribution is -0.157. The Morgan fingerprint density at radius 2 is 2.06 bits per heavy atom. The van der Waals surface area contributed by atoms with E-state index >= 15 is 0 Å². The zero-order valence-corrected chi connectivity index (χ0v) is 26.0. The third-order valence-electron chi connectivity index (χ3n) is 7.25. The van der Waals surface area contributed by atoms with Crippen LogP contribution in [-0.2, 0) is 23.4 Å². The van der Waals surface area contributed by atoms with E-state index in [1.807, 2.05) is 36.2 Å². The molecule has 36 heavy (non-hydrogen) atoms. The highest BCUT2D eigenvalue weighted by Crippen LogP contribution is 2.44. The molecule has 0 aliphatic carbocycles. The minimum atomic E-state index is -2.06. The third-order valence-corrected chi connectivity index (χ3v) is 12.2. The first-order chi connectivity index (χ1) is 16.7.